The number of allylic oxidation sites excluding steroid dienone is 18. The van der Waals surface area contributed by atoms with E-state index in [-0.39, 0.29) is 37.5 Å². The Labute approximate surface area is 387 Å². The highest BCUT2D eigenvalue weighted by Crippen LogP contribution is 2.13. The van der Waals surface area contributed by atoms with Gasteiger partial charge in [-0.1, -0.05) is 201 Å². The minimum Gasteiger partial charge on any atom is -0.462 e. The molecule has 1 unspecified atom stereocenters. The highest BCUT2D eigenvalue weighted by atomic mass is 16.6. The smallest absolute Gasteiger partial charge is 0.306 e. The average Bonchev–Trinajstić information content (AvgIpc) is 3.28. The van der Waals surface area contributed by atoms with Crippen molar-refractivity contribution in [2.45, 2.75) is 219 Å². The fraction of sp³-hybridized carbons (Fsp3) is 0.632. The maximum absolute atomic E-state index is 12.8. The second-order valence-corrected chi connectivity index (χ2v) is 16.4. The van der Waals surface area contributed by atoms with Crippen LogP contribution in [0.3, 0.4) is 0 Å². The fourth-order valence-corrected chi connectivity index (χ4v) is 6.48. The van der Waals surface area contributed by atoms with E-state index < -0.39 is 6.10 Å². The van der Waals surface area contributed by atoms with E-state index in [0.29, 0.717) is 19.3 Å². The molecule has 0 aromatic heterocycles. The molecule has 0 rings (SSSR count). The number of carbonyl (C=O) groups excluding carboxylic acids is 3. The average molecular weight is 873 g/mol. The number of unbranched alkanes of at least 4 members (excludes halogenated alkanes) is 18. The van der Waals surface area contributed by atoms with Gasteiger partial charge in [-0.05, 0) is 103 Å². The molecule has 0 saturated carbocycles. The van der Waals surface area contributed by atoms with E-state index in [4.69, 9.17) is 14.2 Å². The van der Waals surface area contributed by atoms with E-state index in [1.54, 1.807) is 0 Å². The van der Waals surface area contributed by atoms with Gasteiger partial charge in [0.25, 0.3) is 0 Å². The zero-order valence-electron chi connectivity index (χ0n) is 40.5. The molecule has 0 aromatic rings. The Kier molecular flexibility index (Phi) is 47.5. The molecule has 0 amide bonds. The van der Waals surface area contributed by atoms with Crippen molar-refractivity contribution in [1.29, 1.82) is 0 Å². The highest BCUT2D eigenvalue weighted by Gasteiger charge is 2.19. The highest BCUT2D eigenvalue weighted by molar-refractivity contribution is 5.71. The SMILES string of the molecule is CC/C=C/C=C/C=C/CCCCCCCC(=O)OCC(COC(=O)CCC/C=C/C/C=C/C/C=C/C/C=C/CCCCC)OC(=O)CCCCCCCC/C=C/C=C/CCCCC. The Morgan fingerprint density at radius 1 is 0.349 bits per heavy atom. The summed E-state index contributed by atoms with van der Waals surface area (Å²) in [5.41, 5.74) is 0. The van der Waals surface area contributed by atoms with Gasteiger partial charge in [-0.2, -0.15) is 0 Å². The van der Waals surface area contributed by atoms with Crippen LogP contribution < -0.4 is 0 Å². The van der Waals surface area contributed by atoms with E-state index >= 15 is 0 Å². The number of hydrogen-bond donors (Lipinski definition) is 0. The van der Waals surface area contributed by atoms with Crippen LogP contribution in [0.4, 0.5) is 0 Å². The predicted octanol–water partition coefficient (Wildman–Crippen LogP) is 16.8. The van der Waals surface area contributed by atoms with E-state index in [1.807, 2.05) is 0 Å². The van der Waals surface area contributed by atoms with Crippen LogP contribution in [0.2, 0.25) is 0 Å². The Morgan fingerprint density at radius 3 is 1.17 bits per heavy atom. The molecule has 1 atom stereocenters. The third-order valence-electron chi connectivity index (χ3n) is 10.3. The number of ether oxygens (including phenoxy) is 3. The summed E-state index contributed by atoms with van der Waals surface area (Å²) >= 11 is 0. The van der Waals surface area contributed by atoms with Crippen molar-refractivity contribution in [3.63, 3.8) is 0 Å². The lowest BCUT2D eigenvalue weighted by atomic mass is 10.1. The Balaban J connectivity index is 4.54. The molecule has 356 valence electrons. The Morgan fingerprint density at radius 2 is 0.698 bits per heavy atom. The van der Waals surface area contributed by atoms with Crippen LogP contribution in [0.25, 0.3) is 0 Å². The first-order valence-electron chi connectivity index (χ1n) is 25.4. The van der Waals surface area contributed by atoms with Crippen molar-refractivity contribution >= 4 is 17.9 Å². The molecule has 0 radical (unpaired) electrons. The molecular weight excluding hydrogens is 781 g/mol. The summed E-state index contributed by atoms with van der Waals surface area (Å²) in [6.45, 7) is 6.35. The van der Waals surface area contributed by atoms with Crippen molar-refractivity contribution < 1.29 is 28.6 Å². The molecule has 0 spiro atoms. The lowest BCUT2D eigenvalue weighted by Crippen LogP contribution is -2.30. The minimum absolute atomic E-state index is 0.113. The second kappa shape index (κ2) is 50.7. The summed E-state index contributed by atoms with van der Waals surface area (Å²) in [6.07, 6.45) is 67.8. The van der Waals surface area contributed by atoms with Gasteiger partial charge in [0.15, 0.2) is 6.10 Å². The maximum Gasteiger partial charge on any atom is 0.306 e. The van der Waals surface area contributed by atoms with E-state index in [1.165, 1.54) is 57.8 Å². The topological polar surface area (TPSA) is 78.9 Å². The third kappa shape index (κ3) is 49.0. The van der Waals surface area contributed by atoms with Gasteiger partial charge in [0, 0.05) is 19.3 Å². The van der Waals surface area contributed by atoms with Crippen molar-refractivity contribution in [2.75, 3.05) is 13.2 Å². The van der Waals surface area contributed by atoms with Gasteiger partial charge in [0.2, 0.25) is 0 Å². The van der Waals surface area contributed by atoms with Crippen LogP contribution in [0, 0.1) is 0 Å². The molecule has 63 heavy (non-hydrogen) atoms. The number of hydrogen-bond acceptors (Lipinski definition) is 6. The first kappa shape index (κ1) is 59.1. The summed E-state index contributed by atoms with van der Waals surface area (Å²) in [5.74, 6) is -1.01. The summed E-state index contributed by atoms with van der Waals surface area (Å²) < 4.78 is 16.7. The van der Waals surface area contributed by atoms with Crippen LogP contribution in [-0.2, 0) is 28.6 Å². The third-order valence-corrected chi connectivity index (χ3v) is 10.3. The van der Waals surface area contributed by atoms with Crippen molar-refractivity contribution in [3.05, 3.63) is 109 Å². The Bertz CT molecular complexity index is 1330. The molecule has 6 heteroatoms. The minimum atomic E-state index is -0.816. The van der Waals surface area contributed by atoms with Crippen LogP contribution in [0.1, 0.15) is 213 Å². The molecular formula is C57H92O6. The largest absolute Gasteiger partial charge is 0.462 e. The lowest BCUT2D eigenvalue weighted by molar-refractivity contribution is -0.167. The zero-order chi connectivity index (χ0) is 45.8. The zero-order valence-corrected chi connectivity index (χ0v) is 40.5. The van der Waals surface area contributed by atoms with Crippen LogP contribution in [-0.4, -0.2) is 37.2 Å². The van der Waals surface area contributed by atoms with Gasteiger partial charge in [-0.3, -0.25) is 14.4 Å². The summed E-state index contributed by atoms with van der Waals surface area (Å²) in [6, 6.07) is 0. The monoisotopic (exact) mass is 873 g/mol. The fourth-order valence-electron chi connectivity index (χ4n) is 6.48. The molecule has 6 nitrogen and oxygen atoms in total. The molecule has 0 N–H and O–H groups in total. The second-order valence-electron chi connectivity index (χ2n) is 16.4. The molecule has 0 aliphatic heterocycles. The first-order valence-corrected chi connectivity index (χ1v) is 25.4. The van der Waals surface area contributed by atoms with Gasteiger partial charge < -0.3 is 14.2 Å². The molecule has 0 bridgehead atoms. The number of carbonyl (C=O) groups is 3. The first-order chi connectivity index (χ1) is 31.0. The van der Waals surface area contributed by atoms with E-state index in [2.05, 4.69) is 130 Å². The van der Waals surface area contributed by atoms with Crippen molar-refractivity contribution in [3.8, 4) is 0 Å². The quantitative estimate of drug-likeness (QED) is 0.0199. The molecule has 0 aromatic carbocycles. The normalized spacial score (nSPS) is 13.0. The lowest BCUT2D eigenvalue weighted by Gasteiger charge is -2.18. The molecule has 0 fully saturated rings. The summed E-state index contributed by atoms with van der Waals surface area (Å²) in [4.78, 5) is 37.9. The molecule has 0 aliphatic rings. The van der Waals surface area contributed by atoms with E-state index in [9.17, 15) is 14.4 Å². The maximum atomic E-state index is 12.8. The standard InChI is InChI=1S/C57H92O6/c1-4-7-10-13-16-19-22-25-27-28-30-32-35-38-41-44-47-50-56(59)62-53-54(52-61-55(58)49-46-43-40-37-34-31-24-21-18-15-12-9-6-3)63-57(60)51-48-45-42-39-36-33-29-26-23-20-17-14-11-8-5-2/h9,12,15-21,23-27,30,32,38,41,54H,4-8,10-11,13-14,22,28-29,31,33-37,39-40,42-53H2,1-3H3/b12-9+,18-15+,19-16+,20-17+,24-21+,26-23+,27-25+,32-30+,41-38+. The molecule has 0 saturated heterocycles. The number of rotatable bonds is 44. The van der Waals surface area contributed by atoms with Crippen LogP contribution in [0.15, 0.2) is 109 Å². The Hall–Kier alpha value is -3.93. The van der Waals surface area contributed by atoms with Crippen molar-refractivity contribution in [1.82, 2.24) is 0 Å². The summed E-state index contributed by atoms with van der Waals surface area (Å²) in [5, 5.41) is 0. The van der Waals surface area contributed by atoms with Crippen molar-refractivity contribution in [2.24, 2.45) is 0 Å². The van der Waals surface area contributed by atoms with Gasteiger partial charge >= 0.3 is 17.9 Å². The van der Waals surface area contributed by atoms with Gasteiger partial charge in [-0.15, -0.1) is 0 Å². The molecule has 0 aliphatic carbocycles. The van der Waals surface area contributed by atoms with Crippen LogP contribution in [0.5, 0.6) is 0 Å². The van der Waals surface area contributed by atoms with Gasteiger partial charge in [0.05, 0.1) is 0 Å². The predicted molar refractivity (Wildman–Crippen MR) is 270 cm³/mol. The van der Waals surface area contributed by atoms with E-state index in [0.717, 1.165) is 109 Å². The van der Waals surface area contributed by atoms with Crippen LogP contribution >= 0.6 is 0 Å². The van der Waals surface area contributed by atoms with Gasteiger partial charge in [0.1, 0.15) is 13.2 Å². The number of esters is 3. The van der Waals surface area contributed by atoms with Gasteiger partial charge in [-0.25, -0.2) is 0 Å². The summed E-state index contributed by atoms with van der Waals surface area (Å²) in [7, 11) is 0. The molecule has 0 heterocycles.